The molecule has 92 valence electrons. The Kier molecular flexibility index (Phi) is 2.19. The molecule has 3 aromatic rings. The van der Waals surface area contributed by atoms with Crippen molar-refractivity contribution in [3.8, 4) is 11.5 Å². The molecule has 0 amide bonds. The second-order valence-electron chi connectivity index (χ2n) is 4.02. The Morgan fingerprint density at radius 3 is 3.06 bits per heavy atom. The Hall–Kier alpha value is -2.57. The highest BCUT2D eigenvalue weighted by atomic mass is 16.5. The summed E-state index contributed by atoms with van der Waals surface area (Å²) in [4.78, 5) is 17.9. The first kappa shape index (κ1) is 10.6. The number of carboxylic acid groups (broad SMARTS) is 1. The third-order valence-corrected chi connectivity index (χ3v) is 2.70. The van der Waals surface area contributed by atoms with Crippen molar-refractivity contribution in [1.29, 1.82) is 0 Å². The van der Waals surface area contributed by atoms with Crippen molar-refractivity contribution in [2.45, 2.75) is 13.3 Å². The number of rotatable bonds is 3. The highest BCUT2D eigenvalue weighted by Gasteiger charge is 2.14. The van der Waals surface area contributed by atoms with Crippen molar-refractivity contribution < 1.29 is 14.4 Å². The van der Waals surface area contributed by atoms with Crippen molar-refractivity contribution in [2.24, 2.45) is 0 Å². The molecule has 0 aliphatic carbocycles. The largest absolute Gasteiger partial charge is 0.481 e. The van der Waals surface area contributed by atoms with Gasteiger partial charge in [-0.05, 0) is 6.92 Å². The number of aromatic nitrogens is 4. The summed E-state index contributed by atoms with van der Waals surface area (Å²) in [5.74, 6) is 0.314. The minimum absolute atomic E-state index is 0.0755. The molecule has 0 aromatic carbocycles. The number of H-pyrrole nitrogens is 1. The van der Waals surface area contributed by atoms with Gasteiger partial charge in [0.1, 0.15) is 5.69 Å². The van der Waals surface area contributed by atoms with Crippen molar-refractivity contribution in [3.63, 3.8) is 0 Å². The number of aromatic amines is 1. The minimum Gasteiger partial charge on any atom is -0.481 e. The van der Waals surface area contributed by atoms with Gasteiger partial charge < -0.3 is 14.6 Å². The van der Waals surface area contributed by atoms with Gasteiger partial charge in [0, 0.05) is 11.8 Å². The number of carbonyl (C=O) groups is 1. The lowest BCUT2D eigenvalue weighted by Crippen LogP contribution is -2.02. The van der Waals surface area contributed by atoms with Gasteiger partial charge >= 0.3 is 5.97 Å². The molecule has 7 nitrogen and oxygen atoms in total. The van der Waals surface area contributed by atoms with Gasteiger partial charge in [-0.15, -0.1) is 0 Å². The van der Waals surface area contributed by atoms with Crippen LogP contribution in [0.3, 0.4) is 0 Å². The maximum atomic E-state index is 10.7. The van der Waals surface area contributed by atoms with Gasteiger partial charge in [-0.2, -0.15) is 0 Å². The average molecular weight is 246 g/mol. The molecule has 3 aromatic heterocycles. The molecule has 0 saturated carbocycles. The Bertz CT molecular complexity index is 722. The molecule has 0 fully saturated rings. The highest BCUT2D eigenvalue weighted by molar-refractivity contribution is 5.70. The molecular weight excluding hydrogens is 236 g/mol. The van der Waals surface area contributed by atoms with Gasteiger partial charge in [-0.1, -0.05) is 5.16 Å². The number of hydrogen-bond acceptors (Lipinski definition) is 4. The highest BCUT2D eigenvalue weighted by Crippen LogP contribution is 2.22. The van der Waals surface area contributed by atoms with Crippen LogP contribution in [0.4, 0.5) is 0 Å². The smallest absolute Gasteiger partial charge is 0.309 e. The van der Waals surface area contributed by atoms with Gasteiger partial charge in [-0.3, -0.25) is 9.20 Å². The van der Waals surface area contributed by atoms with Crippen LogP contribution in [-0.2, 0) is 11.2 Å². The summed E-state index contributed by atoms with van der Waals surface area (Å²) >= 11 is 0. The number of fused-ring (bicyclic) bond motifs is 1. The van der Waals surface area contributed by atoms with E-state index in [1.807, 2.05) is 6.92 Å². The molecule has 0 aliphatic rings. The Labute approximate surface area is 101 Å². The van der Waals surface area contributed by atoms with Gasteiger partial charge in [0.2, 0.25) is 5.78 Å². The quantitative estimate of drug-likeness (QED) is 0.725. The molecule has 18 heavy (non-hydrogen) atoms. The van der Waals surface area contributed by atoms with E-state index in [0.29, 0.717) is 17.2 Å². The summed E-state index contributed by atoms with van der Waals surface area (Å²) in [6.07, 6.45) is 4.84. The van der Waals surface area contributed by atoms with E-state index in [-0.39, 0.29) is 6.42 Å². The fraction of sp³-hybridized carbons (Fsp3) is 0.182. The van der Waals surface area contributed by atoms with Gasteiger partial charge in [-0.25, -0.2) is 4.98 Å². The second-order valence-corrected chi connectivity index (χ2v) is 4.02. The molecule has 0 radical (unpaired) electrons. The molecule has 0 aliphatic heterocycles. The molecule has 2 N–H and O–H groups in total. The molecule has 7 heteroatoms. The Morgan fingerprint density at radius 2 is 2.39 bits per heavy atom. The molecule has 0 saturated heterocycles. The first-order chi connectivity index (χ1) is 8.65. The van der Waals surface area contributed by atoms with Gasteiger partial charge in [0.05, 0.1) is 24.5 Å². The number of aliphatic carboxylic acids is 1. The zero-order valence-corrected chi connectivity index (χ0v) is 9.54. The maximum absolute atomic E-state index is 10.7. The molecule has 0 unspecified atom stereocenters. The lowest BCUT2D eigenvalue weighted by atomic mass is 10.2. The maximum Gasteiger partial charge on any atom is 0.309 e. The number of hydrogen-bond donors (Lipinski definition) is 2. The topological polar surface area (TPSA) is 96.4 Å². The molecule has 0 atom stereocenters. The fourth-order valence-electron chi connectivity index (χ4n) is 1.87. The Balaban J connectivity index is 2.09. The van der Waals surface area contributed by atoms with Crippen LogP contribution in [0.15, 0.2) is 23.1 Å². The number of nitrogens with one attached hydrogen (secondary N) is 1. The van der Waals surface area contributed by atoms with Crippen LogP contribution in [0.25, 0.3) is 17.2 Å². The molecule has 3 heterocycles. The van der Waals surface area contributed by atoms with Crippen LogP contribution in [0.2, 0.25) is 0 Å². The third kappa shape index (κ3) is 1.56. The summed E-state index contributed by atoms with van der Waals surface area (Å²) < 4.78 is 6.83. The van der Waals surface area contributed by atoms with Crippen LogP contribution in [0, 0.1) is 6.92 Å². The predicted molar refractivity (Wildman–Crippen MR) is 61.1 cm³/mol. The van der Waals surface area contributed by atoms with E-state index in [1.165, 1.54) is 6.20 Å². The molecule has 0 bridgehead atoms. The second kappa shape index (κ2) is 3.73. The SMILES string of the molecule is Cc1cnoc1-c1cn2c(CC(=O)O)cnc2[nH]1. The van der Waals surface area contributed by atoms with Crippen LogP contribution in [-0.4, -0.2) is 30.6 Å². The van der Waals surface area contributed by atoms with Crippen molar-refractivity contribution in [3.05, 3.63) is 29.8 Å². The summed E-state index contributed by atoms with van der Waals surface area (Å²) in [6, 6.07) is 0. The first-order valence-electron chi connectivity index (χ1n) is 5.33. The molecule has 3 rings (SSSR count). The minimum atomic E-state index is -0.893. The predicted octanol–water partition coefficient (Wildman–Crippen LogP) is 1.25. The zero-order chi connectivity index (χ0) is 12.7. The van der Waals surface area contributed by atoms with Crippen molar-refractivity contribution in [2.75, 3.05) is 0 Å². The van der Waals surface area contributed by atoms with E-state index < -0.39 is 5.97 Å². The Morgan fingerprint density at radius 1 is 1.56 bits per heavy atom. The molecule has 0 spiro atoms. The summed E-state index contributed by atoms with van der Waals surface area (Å²) in [5, 5.41) is 12.5. The third-order valence-electron chi connectivity index (χ3n) is 2.70. The normalized spacial score (nSPS) is 11.2. The summed E-state index contributed by atoms with van der Waals surface area (Å²) in [7, 11) is 0. The number of nitrogens with zero attached hydrogens (tertiary/aromatic N) is 3. The first-order valence-corrected chi connectivity index (χ1v) is 5.33. The molecular formula is C11H10N4O3. The fourth-order valence-corrected chi connectivity index (χ4v) is 1.87. The van der Waals surface area contributed by atoms with E-state index in [9.17, 15) is 4.79 Å². The zero-order valence-electron chi connectivity index (χ0n) is 9.54. The van der Waals surface area contributed by atoms with E-state index in [4.69, 9.17) is 9.63 Å². The summed E-state index contributed by atoms with van der Waals surface area (Å²) in [5.41, 5.74) is 2.23. The number of carboxylic acids is 1. The summed E-state index contributed by atoms with van der Waals surface area (Å²) in [6.45, 7) is 1.88. The lowest BCUT2D eigenvalue weighted by molar-refractivity contribution is -0.136. The van der Waals surface area contributed by atoms with Gasteiger partial charge in [0.25, 0.3) is 0 Å². The van der Waals surface area contributed by atoms with E-state index in [2.05, 4.69) is 15.1 Å². The van der Waals surface area contributed by atoms with Crippen LogP contribution < -0.4 is 0 Å². The van der Waals surface area contributed by atoms with E-state index >= 15 is 0 Å². The van der Waals surface area contributed by atoms with E-state index in [0.717, 1.165) is 11.3 Å². The van der Waals surface area contributed by atoms with Crippen LogP contribution >= 0.6 is 0 Å². The van der Waals surface area contributed by atoms with E-state index in [1.54, 1.807) is 16.8 Å². The number of imidazole rings is 2. The monoisotopic (exact) mass is 246 g/mol. The van der Waals surface area contributed by atoms with Crippen LogP contribution in [0.5, 0.6) is 0 Å². The average Bonchev–Trinajstić information content (AvgIpc) is 2.94. The van der Waals surface area contributed by atoms with Crippen molar-refractivity contribution >= 4 is 11.7 Å². The van der Waals surface area contributed by atoms with Crippen molar-refractivity contribution in [1.82, 2.24) is 19.5 Å². The number of aryl methyl sites for hydroxylation is 1. The standard InChI is InChI=1S/C11H10N4O3/c1-6-3-13-18-10(6)8-5-15-7(2-9(16)17)4-12-11(15)14-8/h3-5H,2H2,1H3,(H,12,14)(H,16,17). The lowest BCUT2D eigenvalue weighted by Gasteiger charge is -1.93. The van der Waals surface area contributed by atoms with Gasteiger partial charge in [0.15, 0.2) is 5.76 Å². The van der Waals surface area contributed by atoms with Crippen LogP contribution in [0.1, 0.15) is 11.3 Å².